The van der Waals surface area contributed by atoms with Gasteiger partial charge in [0.05, 0.1) is 0 Å². The number of carbonyl (C=O) groups excluding carboxylic acids is 1. The highest BCUT2D eigenvalue weighted by atomic mass is 16.5. The van der Waals surface area contributed by atoms with Crippen LogP contribution in [-0.4, -0.2) is 31.6 Å². The smallest absolute Gasteiger partial charge is 0.260 e. The Balaban J connectivity index is 1.41. The first-order valence-electron chi connectivity index (χ1n) is 9.06. The molecule has 0 fully saturated rings. The minimum atomic E-state index is -0.488. The number of para-hydroxylation sites is 2. The average molecular weight is 338 g/mol. The minimum absolute atomic E-state index is 0.0668. The van der Waals surface area contributed by atoms with E-state index in [4.69, 9.17) is 4.74 Å². The summed E-state index contributed by atoms with van der Waals surface area (Å²) in [5, 5.41) is 2.98. The number of fused-ring (bicyclic) bond motifs is 1. The zero-order valence-electron chi connectivity index (χ0n) is 14.8. The monoisotopic (exact) mass is 338 g/mol. The van der Waals surface area contributed by atoms with Crippen LogP contribution in [0, 0.1) is 0 Å². The number of nitrogens with zero attached hydrogens (tertiary/aromatic N) is 1. The van der Waals surface area contributed by atoms with Crippen LogP contribution in [0.4, 0.5) is 5.69 Å². The minimum Gasteiger partial charge on any atom is -0.481 e. The van der Waals surface area contributed by atoms with Crippen LogP contribution in [0.25, 0.3) is 0 Å². The highest BCUT2D eigenvalue weighted by Gasteiger charge is 2.17. The Morgan fingerprint density at radius 3 is 2.76 bits per heavy atom. The molecular formula is C21H26N2O2. The zero-order valence-corrected chi connectivity index (χ0v) is 14.8. The third-order valence-electron chi connectivity index (χ3n) is 4.54. The van der Waals surface area contributed by atoms with E-state index in [1.807, 2.05) is 30.3 Å². The maximum Gasteiger partial charge on any atom is 0.260 e. The van der Waals surface area contributed by atoms with E-state index >= 15 is 0 Å². The van der Waals surface area contributed by atoms with Crippen molar-refractivity contribution in [1.82, 2.24) is 5.32 Å². The van der Waals surface area contributed by atoms with E-state index in [9.17, 15) is 4.79 Å². The van der Waals surface area contributed by atoms with Crippen molar-refractivity contribution in [3.63, 3.8) is 0 Å². The molecule has 0 spiro atoms. The topological polar surface area (TPSA) is 41.6 Å². The summed E-state index contributed by atoms with van der Waals surface area (Å²) >= 11 is 0. The van der Waals surface area contributed by atoms with Crippen molar-refractivity contribution in [2.45, 2.75) is 32.3 Å². The number of benzene rings is 2. The molecule has 1 atom stereocenters. The number of anilines is 1. The summed E-state index contributed by atoms with van der Waals surface area (Å²) in [5.74, 6) is 0.651. The molecule has 4 heteroatoms. The van der Waals surface area contributed by atoms with Gasteiger partial charge in [0, 0.05) is 25.3 Å². The number of carbonyl (C=O) groups is 1. The van der Waals surface area contributed by atoms with Crippen molar-refractivity contribution in [1.29, 1.82) is 0 Å². The zero-order chi connectivity index (χ0) is 17.5. The van der Waals surface area contributed by atoms with E-state index in [-0.39, 0.29) is 5.91 Å². The predicted octanol–water partition coefficient (Wildman–Crippen LogP) is 3.41. The number of rotatable bonds is 7. The van der Waals surface area contributed by atoms with Gasteiger partial charge in [-0.15, -0.1) is 0 Å². The molecule has 1 N–H and O–H groups in total. The molecule has 0 saturated heterocycles. The summed E-state index contributed by atoms with van der Waals surface area (Å²) in [4.78, 5) is 14.6. The molecule has 0 aromatic heterocycles. The van der Waals surface area contributed by atoms with Gasteiger partial charge in [-0.1, -0.05) is 36.4 Å². The highest BCUT2D eigenvalue weighted by Crippen LogP contribution is 2.26. The number of hydrogen-bond acceptors (Lipinski definition) is 3. The fourth-order valence-corrected chi connectivity index (χ4v) is 3.23. The first-order chi connectivity index (χ1) is 12.2. The van der Waals surface area contributed by atoms with Crippen molar-refractivity contribution in [2.75, 3.05) is 24.5 Å². The van der Waals surface area contributed by atoms with E-state index in [1.165, 1.54) is 17.7 Å². The van der Waals surface area contributed by atoms with Crippen LogP contribution < -0.4 is 15.0 Å². The van der Waals surface area contributed by atoms with Gasteiger partial charge in [0.15, 0.2) is 6.10 Å². The maximum absolute atomic E-state index is 12.1. The van der Waals surface area contributed by atoms with Gasteiger partial charge in [0.25, 0.3) is 5.91 Å². The summed E-state index contributed by atoms with van der Waals surface area (Å²) < 4.78 is 5.65. The van der Waals surface area contributed by atoms with Crippen molar-refractivity contribution in [3.05, 3.63) is 60.2 Å². The van der Waals surface area contributed by atoms with Crippen LogP contribution in [-0.2, 0) is 11.2 Å². The Morgan fingerprint density at radius 1 is 1.16 bits per heavy atom. The van der Waals surface area contributed by atoms with E-state index < -0.39 is 6.10 Å². The Morgan fingerprint density at radius 2 is 1.92 bits per heavy atom. The summed E-state index contributed by atoms with van der Waals surface area (Å²) in [7, 11) is 0. The Labute approximate surface area is 149 Å². The summed E-state index contributed by atoms with van der Waals surface area (Å²) in [6.07, 6.45) is 2.81. The van der Waals surface area contributed by atoms with Crippen molar-refractivity contribution in [3.8, 4) is 5.75 Å². The molecule has 2 aromatic rings. The maximum atomic E-state index is 12.1. The molecule has 1 unspecified atom stereocenters. The normalized spacial score (nSPS) is 14.5. The molecule has 132 valence electrons. The number of hydrogen-bond donors (Lipinski definition) is 1. The van der Waals surface area contributed by atoms with Gasteiger partial charge in [0.1, 0.15) is 5.75 Å². The lowest BCUT2D eigenvalue weighted by Gasteiger charge is -2.31. The van der Waals surface area contributed by atoms with Crippen LogP contribution in [0.15, 0.2) is 54.6 Å². The molecule has 25 heavy (non-hydrogen) atoms. The Bertz CT molecular complexity index is 687. The van der Waals surface area contributed by atoms with Gasteiger partial charge in [-0.25, -0.2) is 0 Å². The fraction of sp³-hybridized carbons (Fsp3) is 0.381. The molecule has 0 bridgehead atoms. The number of amides is 1. The Hall–Kier alpha value is -2.49. The molecule has 1 aliphatic heterocycles. The van der Waals surface area contributed by atoms with Gasteiger partial charge >= 0.3 is 0 Å². The first-order valence-corrected chi connectivity index (χ1v) is 9.06. The van der Waals surface area contributed by atoms with E-state index in [1.54, 1.807) is 6.92 Å². The molecule has 1 amide bonds. The average Bonchev–Trinajstić information content (AvgIpc) is 2.66. The summed E-state index contributed by atoms with van der Waals surface area (Å²) in [6.45, 7) is 4.51. The molecule has 0 aliphatic carbocycles. The van der Waals surface area contributed by atoms with E-state index in [2.05, 4.69) is 34.5 Å². The van der Waals surface area contributed by atoms with Crippen molar-refractivity contribution in [2.24, 2.45) is 0 Å². The Kier molecular flexibility index (Phi) is 5.94. The molecule has 3 rings (SSSR count). The van der Waals surface area contributed by atoms with Crippen LogP contribution in [0.2, 0.25) is 0 Å². The molecule has 2 aromatic carbocycles. The summed E-state index contributed by atoms with van der Waals surface area (Å²) in [5.41, 5.74) is 2.78. The molecular weight excluding hydrogens is 312 g/mol. The van der Waals surface area contributed by atoms with Crippen LogP contribution in [0.1, 0.15) is 25.3 Å². The van der Waals surface area contributed by atoms with E-state index in [0.717, 1.165) is 31.7 Å². The number of nitrogens with one attached hydrogen (secondary N) is 1. The second kappa shape index (κ2) is 8.56. The molecule has 1 heterocycles. The quantitative estimate of drug-likeness (QED) is 0.787. The number of ether oxygens (including phenoxy) is 1. The third kappa shape index (κ3) is 4.75. The van der Waals surface area contributed by atoms with Crippen LogP contribution >= 0.6 is 0 Å². The standard InChI is InChI=1S/C21H26N2O2/c1-17(25-19-11-3-2-4-12-19)21(24)22-14-8-16-23-15-7-10-18-9-5-6-13-20(18)23/h2-6,9,11-13,17H,7-8,10,14-16H2,1H3,(H,22,24). The molecule has 0 saturated carbocycles. The lowest BCUT2D eigenvalue weighted by molar-refractivity contribution is -0.127. The van der Waals surface area contributed by atoms with Crippen molar-refractivity contribution >= 4 is 11.6 Å². The largest absolute Gasteiger partial charge is 0.481 e. The molecule has 0 radical (unpaired) electrons. The van der Waals surface area contributed by atoms with Gasteiger partial charge in [-0.05, 0) is 49.9 Å². The summed E-state index contributed by atoms with van der Waals surface area (Å²) in [6, 6.07) is 18.1. The van der Waals surface area contributed by atoms with E-state index in [0.29, 0.717) is 6.54 Å². The lowest BCUT2D eigenvalue weighted by Crippen LogP contribution is -2.38. The highest BCUT2D eigenvalue weighted by molar-refractivity contribution is 5.80. The third-order valence-corrected chi connectivity index (χ3v) is 4.54. The van der Waals surface area contributed by atoms with Gasteiger partial charge < -0.3 is 15.0 Å². The second-order valence-corrected chi connectivity index (χ2v) is 6.44. The number of aryl methyl sites for hydroxylation is 1. The lowest BCUT2D eigenvalue weighted by atomic mass is 10.0. The predicted molar refractivity (Wildman–Crippen MR) is 101 cm³/mol. The van der Waals surface area contributed by atoms with Gasteiger partial charge in [-0.2, -0.15) is 0 Å². The second-order valence-electron chi connectivity index (χ2n) is 6.44. The molecule has 1 aliphatic rings. The van der Waals surface area contributed by atoms with Gasteiger partial charge in [-0.3, -0.25) is 4.79 Å². The first kappa shape index (κ1) is 17.3. The SMILES string of the molecule is CC(Oc1ccccc1)C(=O)NCCCN1CCCc2ccccc21. The van der Waals surface area contributed by atoms with Crippen LogP contribution in [0.5, 0.6) is 5.75 Å². The van der Waals surface area contributed by atoms with Crippen LogP contribution in [0.3, 0.4) is 0 Å². The van der Waals surface area contributed by atoms with Crippen molar-refractivity contribution < 1.29 is 9.53 Å². The molecule has 4 nitrogen and oxygen atoms in total. The van der Waals surface area contributed by atoms with Gasteiger partial charge in [0.2, 0.25) is 0 Å². The fourth-order valence-electron chi connectivity index (χ4n) is 3.23.